The molecule has 1 aliphatic rings. The summed E-state index contributed by atoms with van der Waals surface area (Å²) in [6, 6.07) is 12.5. The number of aromatic nitrogens is 2. The molecule has 1 aromatic heterocycles. The Balaban J connectivity index is 1.65. The van der Waals surface area contributed by atoms with Crippen LogP contribution in [-0.2, 0) is 16.1 Å². The molecular formula is C22H23ClFN3O2. The monoisotopic (exact) mass is 415 g/mol. The first kappa shape index (κ1) is 19.7. The third-order valence-electron chi connectivity index (χ3n) is 5.41. The van der Waals surface area contributed by atoms with Gasteiger partial charge in [0.25, 0.3) is 0 Å². The summed E-state index contributed by atoms with van der Waals surface area (Å²) in [6.45, 7) is 3.90. The normalized spacial score (nSPS) is 15.1. The fourth-order valence-electron chi connectivity index (χ4n) is 3.88. The molecule has 0 unspecified atom stereocenters. The van der Waals surface area contributed by atoms with Crippen LogP contribution in [0.15, 0.2) is 42.5 Å². The molecule has 0 bridgehead atoms. The van der Waals surface area contributed by atoms with E-state index in [1.165, 1.54) is 6.07 Å². The topological polar surface area (TPSA) is 47.4 Å². The van der Waals surface area contributed by atoms with Gasteiger partial charge in [0, 0.05) is 23.7 Å². The van der Waals surface area contributed by atoms with E-state index in [4.69, 9.17) is 21.3 Å². The van der Waals surface area contributed by atoms with Gasteiger partial charge in [-0.2, -0.15) is 0 Å². The number of benzene rings is 2. The lowest BCUT2D eigenvalue weighted by Crippen LogP contribution is -2.38. The zero-order valence-corrected chi connectivity index (χ0v) is 17.0. The summed E-state index contributed by atoms with van der Waals surface area (Å²) in [7, 11) is 0. The van der Waals surface area contributed by atoms with Crippen LogP contribution in [0.3, 0.4) is 0 Å². The molecule has 0 amide bonds. The number of nitrogens with zero attached hydrogens (tertiary/aromatic N) is 3. The van der Waals surface area contributed by atoms with Crippen molar-refractivity contribution in [2.24, 2.45) is 5.92 Å². The van der Waals surface area contributed by atoms with Gasteiger partial charge >= 0.3 is 5.97 Å². The smallest absolute Gasteiger partial charge is 0.309 e. The Labute approximate surface area is 174 Å². The molecule has 29 heavy (non-hydrogen) atoms. The van der Waals surface area contributed by atoms with Gasteiger partial charge in [-0.25, -0.2) is 9.37 Å². The molecule has 1 aliphatic heterocycles. The number of piperidine rings is 1. The van der Waals surface area contributed by atoms with Crippen LogP contribution in [0.2, 0.25) is 5.02 Å². The third-order valence-corrected chi connectivity index (χ3v) is 5.76. The number of para-hydroxylation sites is 2. The van der Waals surface area contributed by atoms with Gasteiger partial charge in [-0.15, -0.1) is 0 Å². The first-order valence-corrected chi connectivity index (χ1v) is 10.3. The number of fused-ring (bicyclic) bond motifs is 1. The number of hydrogen-bond acceptors (Lipinski definition) is 4. The molecule has 0 atom stereocenters. The van der Waals surface area contributed by atoms with E-state index in [0.717, 1.165) is 17.0 Å². The van der Waals surface area contributed by atoms with E-state index >= 15 is 0 Å². The van der Waals surface area contributed by atoms with Crippen molar-refractivity contribution >= 4 is 34.6 Å². The first-order chi connectivity index (χ1) is 14.1. The molecule has 0 N–H and O–H groups in total. The van der Waals surface area contributed by atoms with Gasteiger partial charge in [-0.3, -0.25) is 4.79 Å². The van der Waals surface area contributed by atoms with E-state index in [1.807, 2.05) is 35.8 Å². The predicted octanol–water partition coefficient (Wildman–Crippen LogP) is 4.66. The highest BCUT2D eigenvalue weighted by Gasteiger charge is 2.28. The molecule has 3 aromatic rings. The Morgan fingerprint density at radius 1 is 1.21 bits per heavy atom. The Hall–Kier alpha value is -2.60. The SMILES string of the molecule is CCOC(=O)C1CCN(c2nc3ccccc3n2Cc2c(F)cccc2Cl)CC1. The number of carbonyl (C=O) groups excluding carboxylic acids is 1. The summed E-state index contributed by atoms with van der Waals surface area (Å²) in [6.07, 6.45) is 1.42. The minimum atomic E-state index is -0.331. The van der Waals surface area contributed by atoms with Crippen LogP contribution in [0.1, 0.15) is 25.3 Å². The molecule has 7 heteroatoms. The Bertz CT molecular complexity index is 1010. The second-order valence-corrected chi connectivity index (χ2v) is 7.61. The third kappa shape index (κ3) is 3.94. The largest absolute Gasteiger partial charge is 0.466 e. The Kier molecular flexibility index (Phi) is 5.72. The molecule has 0 aliphatic carbocycles. The van der Waals surface area contributed by atoms with Gasteiger partial charge in [0.2, 0.25) is 5.95 Å². The zero-order chi connectivity index (χ0) is 20.4. The van der Waals surface area contributed by atoms with Crippen LogP contribution in [0, 0.1) is 11.7 Å². The fourth-order valence-corrected chi connectivity index (χ4v) is 4.10. The van der Waals surface area contributed by atoms with E-state index in [0.29, 0.717) is 49.7 Å². The van der Waals surface area contributed by atoms with E-state index in [2.05, 4.69) is 4.90 Å². The van der Waals surface area contributed by atoms with Crippen molar-refractivity contribution in [2.45, 2.75) is 26.3 Å². The van der Waals surface area contributed by atoms with E-state index in [1.54, 1.807) is 12.1 Å². The predicted molar refractivity (Wildman–Crippen MR) is 112 cm³/mol. The summed E-state index contributed by atoms with van der Waals surface area (Å²) in [5.74, 6) is 0.235. The summed E-state index contributed by atoms with van der Waals surface area (Å²) >= 11 is 6.28. The number of ether oxygens (including phenoxy) is 1. The standard InChI is InChI=1S/C22H23ClFN3O2/c1-2-29-21(28)15-10-12-26(13-11-15)22-25-19-8-3-4-9-20(19)27(22)14-16-17(23)6-5-7-18(16)24/h3-9,15H,2,10-14H2,1H3. The lowest BCUT2D eigenvalue weighted by molar-refractivity contribution is -0.148. The maximum Gasteiger partial charge on any atom is 0.309 e. The molecule has 1 fully saturated rings. The minimum absolute atomic E-state index is 0.0787. The van der Waals surface area contributed by atoms with Gasteiger partial charge in [0.1, 0.15) is 5.82 Å². The van der Waals surface area contributed by atoms with Crippen LogP contribution >= 0.6 is 11.6 Å². The molecule has 0 radical (unpaired) electrons. The fraction of sp³-hybridized carbons (Fsp3) is 0.364. The number of hydrogen-bond donors (Lipinski definition) is 0. The molecule has 0 spiro atoms. The van der Waals surface area contributed by atoms with Crippen LogP contribution < -0.4 is 4.90 Å². The van der Waals surface area contributed by atoms with E-state index < -0.39 is 0 Å². The van der Waals surface area contributed by atoms with Crippen molar-refractivity contribution in [3.05, 3.63) is 58.9 Å². The summed E-state index contributed by atoms with van der Waals surface area (Å²) in [4.78, 5) is 19.0. The van der Waals surface area contributed by atoms with Crippen LogP contribution in [0.5, 0.6) is 0 Å². The van der Waals surface area contributed by atoms with Crippen molar-refractivity contribution in [1.82, 2.24) is 9.55 Å². The van der Waals surface area contributed by atoms with Crippen molar-refractivity contribution in [3.8, 4) is 0 Å². The lowest BCUT2D eigenvalue weighted by Gasteiger charge is -2.32. The molecular weight excluding hydrogens is 393 g/mol. The highest BCUT2D eigenvalue weighted by atomic mass is 35.5. The number of rotatable bonds is 5. The zero-order valence-electron chi connectivity index (χ0n) is 16.3. The first-order valence-electron chi connectivity index (χ1n) is 9.88. The van der Waals surface area contributed by atoms with Crippen LogP contribution in [0.25, 0.3) is 11.0 Å². The van der Waals surface area contributed by atoms with E-state index in [-0.39, 0.29) is 17.7 Å². The summed E-state index contributed by atoms with van der Waals surface area (Å²) < 4.78 is 21.6. The van der Waals surface area contributed by atoms with E-state index in [9.17, 15) is 9.18 Å². The quantitative estimate of drug-likeness (QED) is 0.569. The molecule has 152 valence electrons. The number of imidazole rings is 1. The van der Waals surface area contributed by atoms with Gasteiger partial charge in [-0.05, 0) is 44.0 Å². The Morgan fingerprint density at radius 3 is 2.69 bits per heavy atom. The Morgan fingerprint density at radius 2 is 1.97 bits per heavy atom. The molecule has 4 rings (SSSR count). The maximum absolute atomic E-state index is 14.4. The molecule has 2 aromatic carbocycles. The van der Waals surface area contributed by atoms with Gasteiger partial charge in [0.05, 0.1) is 30.1 Å². The highest BCUT2D eigenvalue weighted by Crippen LogP contribution is 2.30. The summed E-state index contributed by atoms with van der Waals surface area (Å²) in [5.41, 5.74) is 2.22. The van der Waals surface area contributed by atoms with Crippen LogP contribution in [-0.4, -0.2) is 35.2 Å². The lowest BCUT2D eigenvalue weighted by atomic mass is 9.97. The average molecular weight is 416 g/mol. The molecule has 1 saturated heterocycles. The molecule has 2 heterocycles. The molecule has 0 saturated carbocycles. The maximum atomic E-state index is 14.4. The average Bonchev–Trinajstić information content (AvgIpc) is 3.09. The van der Waals surface area contributed by atoms with Crippen molar-refractivity contribution < 1.29 is 13.9 Å². The van der Waals surface area contributed by atoms with Gasteiger partial charge in [0.15, 0.2) is 0 Å². The number of halogens is 2. The second-order valence-electron chi connectivity index (χ2n) is 7.20. The molecule has 5 nitrogen and oxygen atoms in total. The summed E-state index contributed by atoms with van der Waals surface area (Å²) in [5, 5.41) is 0.398. The van der Waals surface area contributed by atoms with Crippen molar-refractivity contribution in [2.75, 3.05) is 24.6 Å². The van der Waals surface area contributed by atoms with Crippen molar-refractivity contribution in [1.29, 1.82) is 0 Å². The number of anilines is 1. The number of carbonyl (C=O) groups is 1. The van der Waals surface area contributed by atoms with Gasteiger partial charge < -0.3 is 14.2 Å². The highest BCUT2D eigenvalue weighted by molar-refractivity contribution is 6.31. The van der Waals surface area contributed by atoms with Crippen LogP contribution in [0.4, 0.5) is 10.3 Å². The number of esters is 1. The van der Waals surface area contributed by atoms with Gasteiger partial charge in [-0.1, -0.05) is 29.8 Å². The minimum Gasteiger partial charge on any atom is -0.466 e. The van der Waals surface area contributed by atoms with Crippen molar-refractivity contribution in [3.63, 3.8) is 0 Å². The second kappa shape index (κ2) is 8.41.